The number of carbonyl (C=O) groups excluding carboxylic acids is 1. The van der Waals surface area contributed by atoms with Gasteiger partial charge in [0.1, 0.15) is 5.82 Å². The molecule has 0 aliphatic heterocycles. The van der Waals surface area contributed by atoms with Crippen molar-refractivity contribution in [2.45, 2.75) is 6.18 Å². The Hall–Kier alpha value is -1.85. The summed E-state index contributed by atoms with van der Waals surface area (Å²) in [6, 6.07) is 2.37. The molecule has 0 aliphatic rings. The molecule has 86 valence electrons. The van der Waals surface area contributed by atoms with E-state index >= 15 is 0 Å². The first-order valence-electron chi connectivity index (χ1n) is 4.07. The van der Waals surface area contributed by atoms with Crippen molar-refractivity contribution >= 4 is 12.0 Å². The molecule has 0 heterocycles. The lowest BCUT2D eigenvalue weighted by molar-refractivity contribution is -0.297. The van der Waals surface area contributed by atoms with Gasteiger partial charge in [-0.3, -0.25) is 0 Å². The highest BCUT2D eigenvalue weighted by Gasteiger charge is 2.33. The van der Waals surface area contributed by atoms with E-state index in [0.717, 1.165) is 12.1 Å². The first-order chi connectivity index (χ1) is 7.32. The monoisotopic (exact) mass is 233 g/mol. The van der Waals surface area contributed by atoms with E-state index in [-0.39, 0.29) is 0 Å². The molecule has 1 aromatic rings. The van der Waals surface area contributed by atoms with Gasteiger partial charge < -0.3 is 9.90 Å². The van der Waals surface area contributed by atoms with Crippen LogP contribution in [-0.2, 0) is 11.0 Å². The molecule has 0 unspecified atom stereocenters. The van der Waals surface area contributed by atoms with Crippen LogP contribution < -0.4 is 5.11 Å². The fraction of sp³-hybridized carbons (Fsp3) is 0.100. The SMILES string of the molecule is O=C([O-])/C=C/c1c(F)cccc1C(F)(F)F. The Morgan fingerprint density at radius 2 is 1.94 bits per heavy atom. The zero-order valence-electron chi connectivity index (χ0n) is 7.72. The van der Waals surface area contributed by atoms with Crippen LogP contribution in [0.3, 0.4) is 0 Å². The van der Waals surface area contributed by atoms with Gasteiger partial charge in [0.05, 0.1) is 11.5 Å². The summed E-state index contributed by atoms with van der Waals surface area (Å²) in [5.74, 6) is -2.84. The van der Waals surface area contributed by atoms with E-state index in [4.69, 9.17) is 0 Å². The minimum Gasteiger partial charge on any atom is -0.545 e. The molecule has 0 saturated heterocycles. The van der Waals surface area contributed by atoms with E-state index in [9.17, 15) is 27.5 Å². The predicted molar refractivity (Wildman–Crippen MR) is 45.4 cm³/mol. The van der Waals surface area contributed by atoms with Crippen LogP contribution in [0.2, 0.25) is 0 Å². The summed E-state index contributed by atoms with van der Waals surface area (Å²) in [5.41, 5.74) is -2.05. The lowest BCUT2D eigenvalue weighted by Gasteiger charge is -2.10. The molecule has 0 N–H and O–H groups in total. The topological polar surface area (TPSA) is 40.1 Å². The molecule has 0 bridgehead atoms. The molecular formula is C10H5F4O2-. The van der Waals surface area contributed by atoms with Crippen molar-refractivity contribution in [1.82, 2.24) is 0 Å². The average Bonchev–Trinajstić information content (AvgIpc) is 2.13. The molecule has 6 heteroatoms. The zero-order chi connectivity index (χ0) is 12.3. The summed E-state index contributed by atoms with van der Waals surface area (Å²) >= 11 is 0. The Kier molecular flexibility index (Phi) is 3.31. The van der Waals surface area contributed by atoms with Crippen LogP contribution in [0.25, 0.3) is 6.08 Å². The van der Waals surface area contributed by atoms with Crippen molar-refractivity contribution in [1.29, 1.82) is 0 Å². The summed E-state index contributed by atoms with van der Waals surface area (Å²) < 4.78 is 50.2. The van der Waals surface area contributed by atoms with Gasteiger partial charge in [0.15, 0.2) is 0 Å². The van der Waals surface area contributed by atoms with Gasteiger partial charge in [0, 0.05) is 5.56 Å². The normalized spacial score (nSPS) is 12.0. The summed E-state index contributed by atoms with van der Waals surface area (Å²) in [7, 11) is 0. The average molecular weight is 233 g/mol. The van der Waals surface area contributed by atoms with Crippen molar-refractivity contribution in [2.75, 3.05) is 0 Å². The molecule has 0 radical (unpaired) electrons. The molecule has 0 spiro atoms. The number of carbonyl (C=O) groups is 1. The van der Waals surface area contributed by atoms with Crippen molar-refractivity contribution in [3.05, 3.63) is 41.2 Å². The van der Waals surface area contributed by atoms with E-state index in [0.29, 0.717) is 18.2 Å². The van der Waals surface area contributed by atoms with E-state index in [1.165, 1.54) is 0 Å². The number of alkyl halides is 3. The third kappa shape index (κ3) is 2.82. The van der Waals surface area contributed by atoms with Crippen molar-refractivity contribution < 1.29 is 27.5 Å². The number of hydrogen-bond acceptors (Lipinski definition) is 2. The fourth-order valence-corrected chi connectivity index (χ4v) is 1.10. The second-order valence-corrected chi connectivity index (χ2v) is 2.85. The van der Waals surface area contributed by atoms with Gasteiger partial charge in [-0.1, -0.05) is 6.07 Å². The first kappa shape index (κ1) is 12.2. The minimum atomic E-state index is -4.74. The van der Waals surface area contributed by atoms with E-state index in [1.807, 2.05) is 0 Å². The maximum absolute atomic E-state index is 13.1. The van der Waals surface area contributed by atoms with Gasteiger partial charge in [-0.25, -0.2) is 4.39 Å². The summed E-state index contributed by atoms with van der Waals surface area (Å²) in [4.78, 5) is 10.0. The number of hydrogen-bond donors (Lipinski definition) is 0. The second kappa shape index (κ2) is 4.34. The summed E-state index contributed by atoms with van der Waals surface area (Å²) in [6.07, 6.45) is -3.88. The maximum Gasteiger partial charge on any atom is 0.417 e. The van der Waals surface area contributed by atoms with E-state index in [1.54, 1.807) is 0 Å². The van der Waals surface area contributed by atoms with Crippen molar-refractivity contribution in [2.24, 2.45) is 0 Å². The molecule has 0 amide bonds. The van der Waals surface area contributed by atoms with Crippen LogP contribution in [0.4, 0.5) is 17.6 Å². The van der Waals surface area contributed by atoms with Crippen LogP contribution >= 0.6 is 0 Å². The molecule has 1 aromatic carbocycles. The number of rotatable bonds is 2. The quantitative estimate of drug-likeness (QED) is 0.575. The van der Waals surface area contributed by atoms with Crippen LogP contribution in [0.15, 0.2) is 24.3 Å². The number of carboxylic acids is 1. The highest BCUT2D eigenvalue weighted by Crippen LogP contribution is 2.33. The predicted octanol–water partition coefficient (Wildman–Crippen LogP) is 1.61. The van der Waals surface area contributed by atoms with Gasteiger partial charge >= 0.3 is 6.18 Å². The molecule has 0 saturated carbocycles. The molecular weight excluding hydrogens is 228 g/mol. The second-order valence-electron chi connectivity index (χ2n) is 2.85. The Morgan fingerprint density at radius 3 is 2.44 bits per heavy atom. The van der Waals surface area contributed by atoms with Crippen LogP contribution in [0.1, 0.15) is 11.1 Å². The Labute approximate surface area is 87.8 Å². The lowest BCUT2D eigenvalue weighted by atomic mass is 10.1. The number of benzene rings is 1. The first-order valence-corrected chi connectivity index (χ1v) is 4.07. The summed E-state index contributed by atoms with van der Waals surface area (Å²) in [6.45, 7) is 0. The minimum absolute atomic E-state index is 0.341. The third-order valence-electron chi connectivity index (χ3n) is 1.74. The van der Waals surface area contributed by atoms with Gasteiger partial charge in [0.2, 0.25) is 0 Å². The van der Waals surface area contributed by atoms with Gasteiger partial charge in [-0.2, -0.15) is 13.2 Å². The maximum atomic E-state index is 13.1. The third-order valence-corrected chi connectivity index (χ3v) is 1.74. The molecule has 0 aliphatic carbocycles. The standard InChI is InChI=1S/C10H6F4O2/c11-8-3-1-2-7(10(12,13)14)6(8)4-5-9(15)16/h1-5H,(H,15,16)/p-1/b5-4+. The Bertz CT molecular complexity index is 435. The lowest BCUT2D eigenvalue weighted by Crippen LogP contribution is -2.18. The molecule has 16 heavy (non-hydrogen) atoms. The Morgan fingerprint density at radius 1 is 1.31 bits per heavy atom. The molecule has 1 rings (SSSR count). The van der Waals surface area contributed by atoms with E-state index < -0.39 is 29.1 Å². The van der Waals surface area contributed by atoms with E-state index in [2.05, 4.69) is 0 Å². The fourth-order valence-electron chi connectivity index (χ4n) is 1.10. The molecule has 2 nitrogen and oxygen atoms in total. The van der Waals surface area contributed by atoms with Gasteiger partial charge in [0.25, 0.3) is 0 Å². The van der Waals surface area contributed by atoms with Crippen LogP contribution in [0.5, 0.6) is 0 Å². The van der Waals surface area contributed by atoms with Crippen molar-refractivity contribution in [3.8, 4) is 0 Å². The smallest absolute Gasteiger partial charge is 0.417 e. The number of halogens is 4. The highest BCUT2D eigenvalue weighted by molar-refractivity contribution is 5.84. The summed E-state index contributed by atoms with van der Waals surface area (Å²) in [5, 5.41) is 10.0. The van der Waals surface area contributed by atoms with Crippen LogP contribution in [0, 0.1) is 5.82 Å². The van der Waals surface area contributed by atoms with Crippen LogP contribution in [-0.4, -0.2) is 5.97 Å². The zero-order valence-corrected chi connectivity index (χ0v) is 7.72. The van der Waals surface area contributed by atoms with Gasteiger partial charge in [-0.15, -0.1) is 0 Å². The van der Waals surface area contributed by atoms with Gasteiger partial charge in [-0.05, 0) is 24.3 Å². The van der Waals surface area contributed by atoms with Crippen molar-refractivity contribution in [3.63, 3.8) is 0 Å². The molecule has 0 fully saturated rings. The highest BCUT2D eigenvalue weighted by atomic mass is 19.4. The molecule has 0 aromatic heterocycles. The molecule has 0 atom stereocenters. The number of aliphatic carboxylic acids is 1. The largest absolute Gasteiger partial charge is 0.545 e. The Balaban J connectivity index is 3.30. The number of carboxylic acid groups (broad SMARTS) is 1.